The molecule has 0 saturated carbocycles. The minimum atomic E-state index is -1.43. The molecular formula is CH4N2O2Se. The van der Waals surface area contributed by atoms with E-state index in [1.165, 1.54) is 0 Å². The van der Waals surface area contributed by atoms with E-state index in [0.29, 0.717) is 0 Å². The Bertz CT molecular complexity index is 62.6. The number of hydrogen-bond acceptors (Lipinski definition) is 2. The van der Waals surface area contributed by atoms with Gasteiger partial charge in [-0.1, -0.05) is 0 Å². The van der Waals surface area contributed by atoms with Crippen LogP contribution < -0.4 is 11.3 Å². The minimum Gasteiger partial charge on any atom is -0.369 e. The van der Waals surface area contributed by atoms with E-state index in [9.17, 15) is 0 Å². The molecule has 0 aliphatic rings. The van der Waals surface area contributed by atoms with Crippen LogP contribution in [0.2, 0.25) is 0 Å². The molecule has 4 nitrogen and oxygen atoms in total. The van der Waals surface area contributed by atoms with E-state index >= 15 is 0 Å². The van der Waals surface area contributed by atoms with Crippen LogP contribution in [0.1, 0.15) is 0 Å². The molecule has 0 aromatic rings. The van der Waals surface area contributed by atoms with Gasteiger partial charge in [-0.05, 0) is 0 Å². The summed E-state index contributed by atoms with van der Waals surface area (Å²) in [4.78, 5) is 9.06. The molecular weight excluding hydrogens is 151 g/mol. The number of quaternary nitrogens is 1. The molecule has 0 aromatic heterocycles. The molecule has 0 atom stereocenters. The van der Waals surface area contributed by atoms with Crippen molar-refractivity contribution in [1.29, 1.82) is 0 Å². The fourth-order valence-corrected chi connectivity index (χ4v) is 0. The fourth-order valence-electron chi connectivity index (χ4n) is 0. The normalized spacial score (nSPS) is 5.33. The van der Waals surface area contributed by atoms with Crippen LogP contribution >= 0.6 is 0 Å². The first kappa shape index (κ1) is 9.23. The maximum Gasteiger partial charge on any atom is -0.369 e. The quantitative estimate of drug-likeness (QED) is 0.457. The van der Waals surface area contributed by atoms with Crippen LogP contribution in [-0.2, 0) is 0 Å². The van der Waals surface area contributed by atoms with Crippen LogP contribution in [0.4, 0.5) is 4.79 Å². The summed E-state index contributed by atoms with van der Waals surface area (Å²) < 4.78 is 2.57. The summed E-state index contributed by atoms with van der Waals surface area (Å²) in [6.45, 7) is 0. The van der Waals surface area contributed by atoms with Crippen LogP contribution in [0.15, 0.2) is 3.96 Å². The van der Waals surface area contributed by atoms with Gasteiger partial charge in [-0.3, -0.25) is 0 Å². The maximum absolute atomic E-state index is 9.06. The Balaban J connectivity index is 0. The standard InChI is InChI=1S/CHNO2Se.H3N/c3-1(4)2-5;/h(H,3,4);1H3. The molecule has 0 radical (unpaired) electrons. The van der Waals surface area contributed by atoms with Gasteiger partial charge in [-0.15, -0.1) is 0 Å². The van der Waals surface area contributed by atoms with Gasteiger partial charge in [0.25, 0.3) is 0 Å². The molecule has 4 N–H and O–H groups in total. The van der Waals surface area contributed by atoms with Gasteiger partial charge in [0, 0.05) is 0 Å². The molecule has 0 aliphatic carbocycles. The Hall–Kier alpha value is -0.251. The molecule has 0 bridgehead atoms. The van der Waals surface area contributed by atoms with Gasteiger partial charge >= 0.3 is 35.8 Å². The van der Waals surface area contributed by atoms with Crippen molar-refractivity contribution < 1.29 is 9.90 Å². The number of amides is 1. The van der Waals surface area contributed by atoms with Crippen molar-refractivity contribution in [2.24, 2.45) is 3.96 Å². The summed E-state index contributed by atoms with van der Waals surface area (Å²) in [5.74, 6) is 0. The summed E-state index contributed by atoms with van der Waals surface area (Å²) in [5.41, 5.74) is 0. The molecule has 0 unspecified atom stereocenters. The summed E-state index contributed by atoms with van der Waals surface area (Å²) in [6.07, 6.45) is -1.43. The molecule has 0 spiro atoms. The number of carbonyl (C=O) groups excluding carboxylic acids is 1. The van der Waals surface area contributed by atoms with Crippen molar-refractivity contribution in [2.75, 3.05) is 0 Å². The number of hydrogen-bond donors (Lipinski definition) is 1. The van der Waals surface area contributed by atoms with Crippen LogP contribution in [0.25, 0.3) is 0 Å². The van der Waals surface area contributed by atoms with Crippen molar-refractivity contribution in [3.63, 3.8) is 0 Å². The van der Waals surface area contributed by atoms with Crippen molar-refractivity contribution >= 4 is 21.9 Å². The zero-order valence-corrected chi connectivity index (χ0v) is 4.89. The zero-order chi connectivity index (χ0) is 4.28. The van der Waals surface area contributed by atoms with Gasteiger partial charge in [-0.2, -0.15) is 0 Å². The SMILES string of the molecule is O=C([O-])N=[Se].[NH4+]. The number of nitrogens with zero attached hydrogens (tertiary/aromatic N) is 1. The average molecular weight is 155 g/mol. The van der Waals surface area contributed by atoms with Gasteiger partial charge in [0.15, 0.2) is 0 Å². The second-order valence-electron chi connectivity index (χ2n) is 0.357. The molecule has 0 aliphatic heterocycles. The van der Waals surface area contributed by atoms with E-state index in [4.69, 9.17) is 9.90 Å². The van der Waals surface area contributed by atoms with Gasteiger partial charge < -0.3 is 6.15 Å². The van der Waals surface area contributed by atoms with Gasteiger partial charge in [0.1, 0.15) is 0 Å². The summed E-state index contributed by atoms with van der Waals surface area (Å²) in [7, 11) is 0. The topological polar surface area (TPSA) is 89.0 Å². The molecule has 1 amide bonds. The molecule has 0 fully saturated rings. The number of rotatable bonds is 0. The first-order valence-electron chi connectivity index (χ1n) is 0.814. The van der Waals surface area contributed by atoms with Crippen molar-refractivity contribution in [3.05, 3.63) is 0 Å². The minimum absolute atomic E-state index is 0. The van der Waals surface area contributed by atoms with Crippen LogP contribution in [0.5, 0.6) is 0 Å². The molecule has 0 heterocycles. The monoisotopic (exact) mass is 156 g/mol. The Morgan fingerprint density at radius 2 is 2.00 bits per heavy atom. The number of carbonyl (C=O) groups is 1. The first-order valence-corrected chi connectivity index (χ1v) is 1.58. The molecule has 36 valence electrons. The Labute approximate surface area is 42.7 Å². The number of carboxylic acid groups (broad SMARTS) is 1. The fraction of sp³-hybridized carbons (Fsp3) is 0. The van der Waals surface area contributed by atoms with Gasteiger partial charge in [0.2, 0.25) is 0 Å². The van der Waals surface area contributed by atoms with Crippen molar-refractivity contribution in [3.8, 4) is 0 Å². The molecule has 0 rings (SSSR count). The second kappa shape index (κ2) is 4.75. The van der Waals surface area contributed by atoms with Crippen LogP contribution in [0.3, 0.4) is 0 Å². The Kier molecular flexibility index (Phi) is 7.30. The molecule has 0 saturated heterocycles. The third-order valence-electron chi connectivity index (χ3n) is 0.0745. The smallest absolute Gasteiger partial charge is 0.369 e. The third-order valence-corrected chi connectivity index (χ3v) is 0.387. The van der Waals surface area contributed by atoms with Crippen LogP contribution in [-0.4, -0.2) is 21.9 Å². The predicted octanol–water partition coefficient (Wildman–Crippen LogP) is -0.942. The van der Waals surface area contributed by atoms with E-state index in [0.717, 1.165) is 0 Å². The van der Waals surface area contributed by atoms with E-state index in [2.05, 4.69) is 3.96 Å². The second-order valence-corrected chi connectivity index (χ2v) is 0.740. The first-order chi connectivity index (χ1) is 2.27. The Morgan fingerprint density at radius 3 is 2.00 bits per heavy atom. The largest absolute Gasteiger partial charge is 0.369 e. The van der Waals surface area contributed by atoms with E-state index in [-0.39, 0.29) is 6.15 Å². The van der Waals surface area contributed by atoms with Crippen molar-refractivity contribution in [2.45, 2.75) is 0 Å². The zero-order valence-electron chi connectivity index (χ0n) is 3.17. The van der Waals surface area contributed by atoms with E-state index in [1.54, 1.807) is 0 Å². The Morgan fingerprint density at radius 1 is 1.83 bits per heavy atom. The van der Waals surface area contributed by atoms with Crippen LogP contribution in [0, 0.1) is 0 Å². The molecule has 0 aromatic carbocycles. The van der Waals surface area contributed by atoms with Gasteiger partial charge in [-0.25, -0.2) is 0 Å². The molecule has 5 heteroatoms. The summed E-state index contributed by atoms with van der Waals surface area (Å²) >= 11 is 1.91. The summed E-state index contributed by atoms with van der Waals surface area (Å²) in [6, 6.07) is 0. The van der Waals surface area contributed by atoms with E-state index < -0.39 is 6.09 Å². The average Bonchev–Trinajstić information content (AvgIpc) is 1.38. The van der Waals surface area contributed by atoms with Crippen molar-refractivity contribution in [1.82, 2.24) is 6.15 Å². The third kappa shape index (κ3) is 9.26. The molecule has 6 heavy (non-hydrogen) atoms. The van der Waals surface area contributed by atoms with E-state index in [1.807, 2.05) is 15.8 Å². The predicted molar refractivity (Wildman–Crippen MR) is 19.6 cm³/mol. The maximum atomic E-state index is 9.06. The summed E-state index contributed by atoms with van der Waals surface area (Å²) in [5, 5.41) is 9.06. The van der Waals surface area contributed by atoms with Gasteiger partial charge in [0.05, 0.1) is 0 Å².